The SMILES string of the molecule is CCCCC(CC(=O)c1cccc(NS(=O)(=O)CCCC)c1)OC(N)=O. The Morgan fingerprint density at radius 3 is 2.50 bits per heavy atom. The number of rotatable bonds is 12. The second-order valence-electron chi connectivity index (χ2n) is 6.18. The van der Waals surface area contributed by atoms with E-state index in [9.17, 15) is 18.0 Å². The molecule has 26 heavy (non-hydrogen) atoms. The summed E-state index contributed by atoms with van der Waals surface area (Å²) < 4.78 is 31.5. The number of benzene rings is 1. The molecule has 0 aliphatic heterocycles. The van der Waals surface area contributed by atoms with Crippen molar-refractivity contribution in [1.29, 1.82) is 0 Å². The zero-order chi connectivity index (χ0) is 19.6. The van der Waals surface area contributed by atoms with E-state index in [-0.39, 0.29) is 18.0 Å². The van der Waals surface area contributed by atoms with Gasteiger partial charge in [-0.1, -0.05) is 45.2 Å². The quantitative estimate of drug-likeness (QED) is 0.535. The second kappa shape index (κ2) is 10.8. The van der Waals surface area contributed by atoms with Gasteiger partial charge in [0, 0.05) is 17.7 Å². The highest BCUT2D eigenvalue weighted by atomic mass is 32.2. The van der Waals surface area contributed by atoms with Crippen molar-refractivity contribution in [2.45, 2.75) is 58.5 Å². The first-order valence-electron chi connectivity index (χ1n) is 8.87. The van der Waals surface area contributed by atoms with Crippen LogP contribution >= 0.6 is 0 Å². The molecule has 1 rings (SSSR count). The van der Waals surface area contributed by atoms with Gasteiger partial charge in [-0.3, -0.25) is 9.52 Å². The van der Waals surface area contributed by atoms with Gasteiger partial charge in [0.15, 0.2) is 5.78 Å². The fourth-order valence-electron chi connectivity index (χ4n) is 2.44. The number of amides is 1. The standard InChI is InChI=1S/C18H28N2O5S/c1-3-5-10-16(25-18(19)22)13-17(21)14-8-7-9-15(12-14)20-26(23,24)11-6-4-2/h7-9,12,16,20H,3-6,10-11,13H2,1-2H3,(H2,19,22). The number of nitrogens with two attached hydrogens (primary N) is 1. The van der Waals surface area contributed by atoms with Crippen molar-refractivity contribution in [2.24, 2.45) is 5.73 Å². The third-order valence-corrected chi connectivity index (χ3v) is 5.17. The molecule has 0 aromatic heterocycles. The first kappa shape index (κ1) is 22.0. The van der Waals surface area contributed by atoms with Gasteiger partial charge in [0.2, 0.25) is 10.0 Å². The van der Waals surface area contributed by atoms with E-state index >= 15 is 0 Å². The lowest BCUT2D eigenvalue weighted by Crippen LogP contribution is -2.25. The molecule has 1 atom stereocenters. The summed E-state index contributed by atoms with van der Waals surface area (Å²) in [4.78, 5) is 23.5. The molecule has 1 amide bonds. The number of sulfonamides is 1. The number of hydrogen-bond donors (Lipinski definition) is 2. The van der Waals surface area contributed by atoms with Crippen LogP contribution in [-0.2, 0) is 14.8 Å². The van der Waals surface area contributed by atoms with Crippen molar-refractivity contribution in [3.8, 4) is 0 Å². The Labute approximate surface area is 155 Å². The van der Waals surface area contributed by atoms with Crippen LogP contribution in [0.4, 0.5) is 10.5 Å². The molecule has 0 fully saturated rings. The Morgan fingerprint density at radius 1 is 1.19 bits per heavy atom. The molecule has 3 N–H and O–H groups in total. The number of nitrogens with one attached hydrogen (secondary N) is 1. The number of anilines is 1. The summed E-state index contributed by atoms with van der Waals surface area (Å²) in [6.07, 6.45) is 2.13. The molecule has 0 saturated carbocycles. The van der Waals surface area contributed by atoms with E-state index in [1.165, 1.54) is 6.07 Å². The van der Waals surface area contributed by atoms with Crippen molar-refractivity contribution >= 4 is 27.6 Å². The highest BCUT2D eigenvalue weighted by molar-refractivity contribution is 7.92. The molecule has 0 radical (unpaired) electrons. The smallest absolute Gasteiger partial charge is 0.404 e. The topological polar surface area (TPSA) is 116 Å². The Hall–Kier alpha value is -2.09. The van der Waals surface area contributed by atoms with E-state index in [4.69, 9.17) is 10.5 Å². The lowest BCUT2D eigenvalue weighted by Gasteiger charge is -2.16. The van der Waals surface area contributed by atoms with Gasteiger partial charge < -0.3 is 10.5 Å². The maximum Gasteiger partial charge on any atom is 0.404 e. The van der Waals surface area contributed by atoms with Crippen molar-refractivity contribution < 1.29 is 22.7 Å². The van der Waals surface area contributed by atoms with Crippen LogP contribution in [0, 0.1) is 0 Å². The summed E-state index contributed by atoms with van der Waals surface area (Å²) >= 11 is 0. The Morgan fingerprint density at radius 2 is 1.88 bits per heavy atom. The molecule has 0 spiro atoms. The normalized spacial score (nSPS) is 12.4. The molecule has 7 nitrogen and oxygen atoms in total. The minimum absolute atomic E-state index is 0.00891. The van der Waals surface area contributed by atoms with E-state index in [0.29, 0.717) is 24.1 Å². The number of ketones is 1. The molecule has 0 aliphatic rings. The summed E-state index contributed by atoms with van der Waals surface area (Å²) in [6, 6.07) is 6.30. The largest absolute Gasteiger partial charge is 0.446 e. The molecule has 0 heterocycles. The average molecular weight is 384 g/mol. The van der Waals surface area contributed by atoms with Crippen molar-refractivity contribution in [2.75, 3.05) is 10.5 Å². The van der Waals surface area contributed by atoms with Crippen LogP contribution in [-0.4, -0.2) is 32.2 Å². The van der Waals surface area contributed by atoms with E-state index in [2.05, 4.69) is 4.72 Å². The molecule has 1 aromatic carbocycles. The van der Waals surface area contributed by atoms with Crippen LogP contribution in [0.5, 0.6) is 0 Å². The highest BCUT2D eigenvalue weighted by Gasteiger charge is 2.19. The molecule has 8 heteroatoms. The maximum atomic E-state index is 12.5. The molecule has 0 aliphatic carbocycles. The van der Waals surface area contributed by atoms with Gasteiger partial charge in [-0.05, 0) is 25.0 Å². The summed E-state index contributed by atoms with van der Waals surface area (Å²) in [5, 5.41) is 0. The first-order valence-corrected chi connectivity index (χ1v) is 10.5. The lowest BCUT2D eigenvalue weighted by atomic mass is 10.0. The van der Waals surface area contributed by atoms with Gasteiger partial charge in [0.25, 0.3) is 0 Å². The number of carbonyl (C=O) groups is 2. The predicted octanol–water partition coefficient (Wildman–Crippen LogP) is 3.46. The van der Waals surface area contributed by atoms with Crippen LogP contribution in [0.15, 0.2) is 24.3 Å². The first-order chi connectivity index (χ1) is 12.3. The highest BCUT2D eigenvalue weighted by Crippen LogP contribution is 2.18. The fourth-order valence-corrected chi connectivity index (χ4v) is 3.70. The van der Waals surface area contributed by atoms with Gasteiger partial charge in [0.05, 0.1) is 5.75 Å². The zero-order valence-corrected chi connectivity index (χ0v) is 16.2. The number of hydrogen-bond acceptors (Lipinski definition) is 5. The Bertz CT molecular complexity index is 703. The second-order valence-corrected chi connectivity index (χ2v) is 8.03. The number of primary amides is 1. The summed E-state index contributed by atoms with van der Waals surface area (Å²) in [7, 11) is -3.44. The average Bonchev–Trinajstić information content (AvgIpc) is 2.57. The number of carbonyl (C=O) groups excluding carboxylic acids is 2. The van der Waals surface area contributed by atoms with Crippen LogP contribution in [0.1, 0.15) is 62.7 Å². The van der Waals surface area contributed by atoms with Gasteiger partial charge >= 0.3 is 6.09 Å². The minimum atomic E-state index is -3.44. The van der Waals surface area contributed by atoms with Gasteiger partial charge in [-0.15, -0.1) is 0 Å². The fraction of sp³-hybridized carbons (Fsp3) is 0.556. The van der Waals surface area contributed by atoms with E-state index in [0.717, 1.165) is 19.3 Å². The minimum Gasteiger partial charge on any atom is -0.446 e. The lowest BCUT2D eigenvalue weighted by molar-refractivity contribution is 0.0760. The molecule has 1 aromatic rings. The number of ether oxygens (including phenoxy) is 1. The number of Topliss-reactive ketones (excluding diaryl/α,β-unsaturated/α-hetero) is 1. The van der Waals surface area contributed by atoms with E-state index < -0.39 is 22.2 Å². The molecular formula is C18H28N2O5S. The van der Waals surface area contributed by atoms with Crippen LogP contribution in [0.3, 0.4) is 0 Å². The van der Waals surface area contributed by atoms with E-state index in [1.54, 1.807) is 18.2 Å². The summed E-state index contributed by atoms with van der Waals surface area (Å²) in [5.74, 6) is -0.199. The van der Waals surface area contributed by atoms with Gasteiger partial charge in [-0.25, -0.2) is 13.2 Å². The van der Waals surface area contributed by atoms with Gasteiger partial charge in [-0.2, -0.15) is 0 Å². The Balaban J connectivity index is 2.81. The van der Waals surface area contributed by atoms with Crippen molar-refractivity contribution in [3.63, 3.8) is 0 Å². The molecular weight excluding hydrogens is 356 g/mol. The zero-order valence-electron chi connectivity index (χ0n) is 15.4. The third kappa shape index (κ3) is 8.33. The Kier molecular flexibility index (Phi) is 9.12. The van der Waals surface area contributed by atoms with Crippen LogP contribution < -0.4 is 10.5 Å². The summed E-state index contributed by atoms with van der Waals surface area (Å²) in [5.41, 5.74) is 5.76. The third-order valence-electron chi connectivity index (χ3n) is 3.80. The predicted molar refractivity (Wildman–Crippen MR) is 102 cm³/mol. The van der Waals surface area contributed by atoms with E-state index in [1.807, 2.05) is 13.8 Å². The van der Waals surface area contributed by atoms with Crippen LogP contribution in [0.2, 0.25) is 0 Å². The molecule has 0 saturated heterocycles. The maximum absolute atomic E-state index is 12.5. The van der Waals surface area contributed by atoms with Crippen molar-refractivity contribution in [1.82, 2.24) is 0 Å². The van der Waals surface area contributed by atoms with Gasteiger partial charge in [0.1, 0.15) is 6.10 Å². The monoisotopic (exact) mass is 384 g/mol. The molecule has 146 valence electrons. The molecule has 0 bridgehead atoms. The summed E-state index contributed by atoms with van der Waals surface area (Å²) in [6.45, 7) is 3.91. The molecule has 1 unspecified atom stereocenters. The number of unbranched alkanes of at least 4 members (excludes halogenated alkanes) is 2. The van der Waals surface area contributed by atoms with Crippen LogP contribution in [0.25, 0.3) is 0 Å². The van der Waals surface area contributed by atoms with Crippen molar-refractivity contribution in [3.05, 3.63) is 29.8 Å².